The number of hydrogen-bond donors (Lipinski definition) is 2. The molecule has 0 aliphatic heterocycles. The first-order chi connectivity index (χ1) is 9.81. The summed E-state index contributed by atoms with van der Waals surface area (Å²) >= 11 is 0. The van der Waals surface area contributed by atoms with Gasteiger partial charge in [-0.15, -0.1) is 0 Å². The Morgan fingerprint density at radius 2 is 1.90 bits per heavy atom. The molecule has 0 amide bonds. The molecular formula is C17H26N2O2. The maximum absolute atomic E-state index is 12.0. The average molecular weight is 290 g/mol. The van der Waals surface area contributed by atoms with Crippen molar-refractivity contribution in [3.63, 3.8) is 0 Å². The molecule has 4 heteroatoms. The standard InChI is InChI=1S/C17H26N2O2/c1-11(2)9-13(4)21-17(20)16(19)10-12(3)14-7-5-6-8-15(14)18/h5-8,11,13,16H,3,9-10,18-19H2,1-2,4H3. The highest BCUT2D eigenvalue weighted by Crippen LogP contribution is 2.23. The van der Waals surface area contributed by atoms with Gasteiger partial charge >= 0.3 is 5.97 Å². The largest absolute Gasteiger partial charge is 0.461 e. The molecule has 0 radical (unpaired) electrons. The van der Waals surface area contributed by atoms with Gasteiger partial charge in [0, 0.05) is 11.3 Å². The Hall–Kier alpha value is -1.81. The van der Waals surface area contributed by atoms with Gasteiger partial charge in [-0.05, 0) is 37.3 Å². The van der Waals surface area contributed by atoms with Crippen LogP contribution in [-0.2, 0) is 9.53 Å². The number of carbonyl (C=O) groups excluding carboxylic acids is 1. The fourth-order valence-corrected chi connectivity index (χ4v) is 2.28. The lowest BCUT2D eigenvalue weighted by molar-refractivity contribution is -0.150. The van der Waals surface area contributed by atoms with Gasteiger partial charge in [0.05, 0.1) is 6.10 Å². The number of nitrogens with two attached hydrogens (primary N) is 2. The van der Waals surface area contributed by atoms with E-state index in [0.29, 0.717) is 18.0 Å². The number of ether oxygens (including phenoxy) is 1. The summed E-state index contributed by atoms with van der Waals surface area (Å²) in [6, 6.07) is 6.69. The van der Waals surface area contributed by atoms with Crippen LogP contribution in [0.2, 0.25) is 0 Å². The lowest BCUT2D eigenvalue weighted by atomic mass is 9.99. The molecule has 0 aliphatic carbocycles. The number of benzene rings is 1. The van der Waals surface area contributed by atoms with E-state index in [1.165, 1.54) is 0 Å². The molecule has 0 aliphatic rings. The maximum Gasteiger partial charge on any atom is 0.323 e. The van der Waals surface area contributed by atoms with Crippen LogP contribution in [0.4, 0.5) is 5.69 Å². The lowest BCUT2D eigenvalue weighted by Crippen LogP contribution is -2.34. The highest BCUT2D eigenvalue weighted by molar-refractivity contribution is 5.81. The molecule has 1 rings (SSSR count). The first kappa shape index (κ1) is 17.2. The lowest BCUT2D eigenvalue weighted by Gasteiger charge is -2.19. The second-order valence-corrected chi connectivity index (χ2v) is 5.88. The van der Waals surface area contributed by atoms with Crippen LogP contribution in [0.1, 0.15) is 39.2 Å². The van der Waals surface area contributed by atoms with Crippen molar-refractivity contribution in [3.05, 3.63) is 36.4 Å². The van der Waals surface area contributed by atoms with Gasteiger partial charge < -0.3 is 16.2 Å². The minimum Gasteiger partial charge on any atom is -0.461 e. The highest BCUT2D eigenvalue weighted by Gasteiger charge is 2.20. The van der Waals surface area contributed by atoms with Gasteiger partial charge in [0.2, 0.25) is 0 Å². The van der Waals surface area contributed by atoms with Crippen molar-refractivity contribution in [3.8, 4) is 0 Å². The van der Waals surface area contributed by atoms with Gasteiger partial charge in [-0.1, -0.05) is 38.6 Å². The molecule has 2 atom stereocenters. The molecule has 0 heterocycles. The molecule has 0 aromatic heterocycles. The van der Waals surface area contributed by atoms with E-state index < -0.39 is 6.04 Å². The quantitative estimate of drug-likeness (QED) is 0.597. The summed E-state index contributed by atoms with van der Waals surface area (Å²) in [6.07, 6.45) is 1.03. The molecule has 0 fully saturated rings. The van der Waals surface area contributed by atoms with Crippen molar-refractivity contribution in [1.29, 1.82) is 0 Å². The molecule has 0 saturated heterocycles. The highest BCUT2D eigenvalue weighted by atomic mass is 16.5. The molecule has 0 bridgehead atoms. The Morgan fingerprint density at radius 3 is 2.48 bits per heavy atom. The Labute approximate surface area is 127 Å². The zero-order valence-electron chi connectivity index (χ0n) is 13.1. The normalized spacial score (nSPS) is 13.8. The van der Waals surface area contributed by atoms with Crippen molar-refractivity contribution in [2.75, 3.05) is 5.73 Å². The molecule has 0 saturated carbocycles. The minimum absolute atomic E-state index is 0.126. The van der Waals surface area contributed by atoms with Crippen molar-refractivity contribution < 1.29 is 9.53 Å². The summed E-state index contributed by atoms with van der Waals surface area (Å²) in [4.78, 5) is 12.0. The van der Waals surface area contributed by atoms with Crippen molar-refractivity contribution in [2.24, 2.45) is 11.7 Å². The predicted molar refractivity (Wildman–Crippen MR) is 87.5 cm³/mol. The third-order valence-electron chi connectivity index (χ3n) is 3.23. The third-order valence-corrected chi connectivity index (χ3v) is 3.23. The van der Waals surface area contributed by atoms with Crippen LogP contribution in [0.5, 0.6) is 0 Å². The van der Waals surface area contributed by atoms with Gasteiger partial charge in [-0.2, -0.15) is 0 Å². The average Bonchev–Trinajstić information content (AvgIpc) is 2.37. The smallest absolute Gasteiger partial charge is 0.323 e. The first-order valence-corrected chi connectivity index (χ1v) is 7.30. The van der Waals surface area contributed by atoms with Gasteiger partial charge in [0.15, 0.2) is 0 Å². The third kappa shape index (κ3) is 5.60. The van der Waals surface area contributed by atoms with E-state index in [-0.39, 0.29) is 12.1 Å². The first-order valence-electron chi connectivity index (χ1n) is 7.30. The number of carbonyl (C=O) groups is 1. The Kier molecular flexibility index (Phi) is 6.43. The van der Waals surface area contributed by atoms with E-state index in [1.807, 2.05) is 25.1 Å². The maximum atomic E-state index is 12.0. The SMILES string of the molecule is C=C(CC(N)C(=O)OC(C)CC(C)C)c1ccccc1N. The topological polar surface area (TPSA) is 78.3 Å². The Balaban J connectivity index is 2.56. The van der Waals surface area contributed by atoms with E-state index in [1.54, 1.807) is 6.07 Å². The zero-order chi connectivity index (χ0) is 16.0. The minimum atomic E-state index is -0.716. The van der Waals surface area contributed by atoms with Crippen LogP contribution in [0.25, 0.3) is 5.57 Å². The summed E-state index contributed by atoms with van der Waals surface area (Å²) in [7, 11) is 0. The second kappa shape index (κ2) is 7.84. The summed E-state index contributed by atoms with van der Waals surface area (Å²) in [6.45, 7) is 10.0. The molecule has 1 aromatic carbocycles. The van der Waals surface area contributed by atoms with Crippen molar-refractivity contribution in [1.82, 2.24) is 0 Å². The van der Waals surface area contributed by atoms with Crippen molar-refractivity contribution in [2.45, 2.75) is 45.8 Å². The monoisotopic (exact) mass is 290 g/mol. The molecule has 4 nitrogen and oxygen atoms in total. The summed E-state index contributed by atoms with van der Waals surface area (Å²) < 4.78 is 5.35. The fraction of sp³-hybridized carbons (Fsp3) is 0.471. The summed E-state index contributed by atoms with van der Waals surface area (Å²) in [5.41, 5.74) is 14.0. The summed E-state index contributed by atoms with van der Waals surface area (Å²) in [5.74, 6) is 0.0851. The molecule has 21 heavy (non-hydrogen) atoms. The van der Waals surface area contributed by atoms with Crippen LogP contribution in [-0.4, -0.2) is 18.1 Å². The van der Waals surface area contributed by atoms with E-state index in [2.05, 4.69) is 20.4 Å². The Morgan fingerprint density at radius 1 is 1.29 bits per heavy atom. The van der Waals surface area contributed by atoms with Crippen LogP contribution < -0.4 is 11.5 Å². The van der Waals surface area contributed by atoms with Gasteiger partial charge in [-0.3, -0.25) is 4.79 Å². The van der Waals surface area contributed by atoms with Crippen molar-refractivity contribution >= 4 is 17.2 Å². The second-order valence-electron chi connectivity index (χ2n) is 5.88. The summed E-state index contributed by atoms with van der Waals surface area (Å²) in [5, 5.41) is 0. The number of para-hydroxylation sites is 1. The zero-order valence-corrected chi connectivity index (χ0v) is 13.1. The molecule has 116 valence electrons. The molecule has 0 spiro atoms. The number of anilines is 1. The fourth-order valence-electron chi connectivity index (χ4n) is 2.28. The van der Waals surface area contributed by atoms with Crippen LogP contribution in [0.15, 0.2) is 30.8 Å². The van der Waals surface area contributed by atoms with Gasteiger partial charge in [-0.25, -0.2) is 0 Å². The van der Waals surface area contributed by atoms with E-state index in [0.717, 1.165) is 17.6 Å². The van der Waals surface area contributed by atoms with Crippen LogP contribution in [0.3, 0.4) is 0 Å². The number of rotatable bonds is 7. The number of nitrogen functional groups attached to an aromatic ring is 1. The molecule has 2 unspecified atom stereocenters. The number of esters is 1. The number of hydrogen-bond acceptors (Lipinski definition) is 4. The Bertz CT molecular complexity index is 497. The van der Waals surface area contributed by atoms with E-state index in [4.69, 9.17) is 16.2 Å². The molecule has 4 N–H and O–H groups in total. The van der Waals surface area contributed by atoms with Gasteiger partial charge in [0.25, 0.3) is 0 Å². The molecule has 1 aromatic rings. The predicted octanol–water partition coefficient (Wildman–Crippen LogP) is 2.98. The van der Waals surface area contributed by atoms with E-state index in [9.17, 15) is 4.79 Å². The van der Waals surface area contributed by atoms with Crippen LogP contribution >= 0.6 is 0 Å². The van der Waals surface area contributed by atoms with E-state index >= 15 is 0 Å². The van der Waals surface area contributed by atoms with Gasteiger partial charge in [0.1, 0.15) is 6.04 Å². The van der Waals surface area contributed by atoms with Crippen LogP contribution in [0, 0.1) is 5.92 Å². The molecular weight excluding hydrogens is 264 g/mol.